The van der Waals surface area contributed by atoms with E-state index >= 15 is 0 Å². The molecule has 73 heavy (non-hydrogen) atoms. The van der Waals surface area contributed by atoms with Crippen LogP contribution in [0.2, 0.25) is 0 Å². The highest BCUT2D eigenvalue weighted by atomic mass is 35.5. The normalized spacial score (nSPS) is 13.4. The van der Waals surface area contributed by atoms with E-state index in [1.807, 2.05) is 35.2 Å². The maximum atomic E-state index is 14.2. The molecular formula is C45H24BClF24N2. The summed E-state index contributed by atoms with van der Waals surface area (Å²) in [5.41, 5.74) is -28.3. The Kier molecular flexibility index (Phi) is 15.6. The van der Waals surface area contributed by atoms with E-state index in [2.05, 4.69) is 23.7 Å². The second kappa shape index (κ2) is 19.8. The van der Waals surface area contributed by atoms with E-state index < -0.39 is 195 Å². The fourth-order valence-corrected chi connectivity index (χ4v) is 7.63. The summed E-state index contributed by atoms with van der Waals surface area (Å²) in [7, 11) is 0. The third-order valence-corrected chi connectivity index (χ3v) is 10.9. The average molecular weight is 1090 g/mol. The molecule has 0 bridgehead atoms. The molecule has 1 heterocycles. The summed E-state index contributed by atoms with van der Waals surface area (Å²) in [6, 6.07) is 1.42. The van der Waals surface area contributed by atoms with Crippen molar-refractivity contribution in [3.05, 3.63) is 184 Å². The Morgan fingerprint density at radius 2 is 0.658 bits per heavy atom. The third kappa shape index (κ3) is 13.6. The van der Waals surface area contributed by atoms with Crippen molar-refractivity contribution in [2.24, 2.45) is 0 Å². The first-order valence-corrected chi connectivity index (χ1v) is 20.0. The Morgan fingerprint density at radius 3 is 0.877 bits per heavy atom. The molecule has 1 aromatic heterocycles. The monoisotopic (exact) mass is 1090 g/mol. The number of aromatic nitrogens is 2. The van der Waals surface area contributed by atoms with Crippen LogP contribution in [0.4, 0.5) is 105 Å². The Balaban J connectivity index is 0.000000520. The molecular weight excluding hydrogens is 1070 g/mol. The van der Waals surface area contributed by atoms with E-state index in [1.165, 1.54) is 5.56 Å². The molecule has 0 aliphatic carbocycles. The van der Waals surface area contributed by atoms with Gasteiger partial charge in [-0.3, -0.25) is 0 Å². The molecule has 0 saturated heterocycles. The summed E-state index contributed by atoms with van der Waals surface area (Å²) < 4.78 is 343. The SMILES string of the molecule is C=C(Cl)c1c[n+](Cc2ccccc2)ccn1.FC(F)(F)c1cc([B-](c2cc(C(F)(F)F)cc(C(F)(F)F)c2)(c2cc(C(F)(F)F)cc(C(F)(F)F)c2)c2cc(C(F)(F)F)cc(C(F)(F)F)c2)cc(C(F)(F)F)c1. The van der Waals surface area contributed by atoms with Crippen LogP contribution in [0.5, 0.6) is 0 Å². The first-order chi connectivity index (χ1) is 33.0. The highest BCUT2D eigenvalue weighted by Gasteiger charge is 2.47. The second-order valence-corrected chi connectivity index (χ2v) is 16.2. The van der Waals surface area contributed by atoms with Gasteiger partial charge in [0.15, 0.2) is 18.9 Å². The highest BCUT2D eigenvalue weighted by molar-refractivity contribution is 7.20. The van der Waals surface area contributed by atoms with Crippen LogP contribution < -0.4 is 26.4 Å². The van der Waals surface area contributed by atoms with Crippen molar-refractivity contribution >= 4 is 44.6 Å². The van der Waals surface area contributed by atoms with Crippen LogP contribution in [0.1, 0.15) is 55.8 Å². The summed E-state index contributed by atoms with van der Waals surface area (Å²) in [6.45, 7) is 4.47. The lowest BCUT2D eigenvalue weighted by molar-refractivity contribution is -0.689. The Bertz CT molecular complexity index is 2520. The van der Waals surface area contributed by atoms with Gasteiger partial charge in [-0.05, 0) is 24.3 Å². The first kappa shape index (κ1) is 57.5. The minimum atomic E-state index is -6.13. The number of nitrogens with zero attached hydrogens (tertiary/aromatic N) is 2. The highest BCUT2D eigenvalue weighted by Crippen LogP contribution is 2.41. The molecule has 6 aromatic rings. The number of rotatable bonds is 7. The van der Waals surface area contributed by atoms with Crippen molar-refractivity contribution in [2.45, 2.75) is 56.0 Å². The molecule has 0 radical (unpaired) electrons. The van der Waals surface area contributed by atoms with E-state index in [0.717, 1.165) is 6.54 Å². The minimum absolute atomic E-state index is 0.461. The summed E-state index contributed by atoms with van der Waals surface area (Å²) in [4.78, 5) is 4.13. The van der Waals surface area contributed by atoms with E-state index in [0.29, 0.717) is 10.7 Å². The third-order valence-electron chi connectivity index (χ3n) is 10.7. The maximum Gasteiger partial charge on any atom is 0.416 e. The molecule has 0 atom stereocenters. The van der Waals surface area contributed by atoms with Crippen molar-refractivity contribution in [2.75, 3.05) is 0 Å². The Morgan fingerprint density at radius 1 is 0.411 bits per heavy atom. The molecule has 0 aliphatic rings. The second-order valence-electron chi connectivity index (χ2n) is 15.7. The lowest BCUT2D eigenvalue weighted by Crippen LogP contribution is -2.75. The van der Waals surface area contributed by atoms with Crippen LogP contribution in [0.15, 0.2) is 128 Å². The van der Waals surface area contributed by atoms with Gasteiger partial charge in [0.25, 0.3) is 0 Å². The molecule has 0 fully saturated rings. The molecule has 0 spiro atoms. The summed E-state index contributed by atoms with van der Waals surface area (Å²) in [5.74, 6) is 0. The number of benzene rings is 5. The maximum absolute atomic E-state index is 14.2. The van der Waals surface area contributed by atoms with Gasteiger partial charge < -0.3 is 0 Å². The van der Waals surface area contributed by atoms with Crippen molar-refractivity contribution < 1.29 is 110 Å². The summed E-state index contributed by atoms with van der Waals surface area (Å²) >= 11 is 5.81. The van der Waals surface area contributed by atoms with Gasteiger partial charge >= 0.3 is 49.4 Å². The molecule has 392 valence electrons. The number of hydrogen-bond donors (Lipinski definition) is 0. The Hall–Kier alpha value is -6.41. The van der Waals surface area contributed by atoms with Gasteiger partial charge in [-0.1, -0.05) is 97.0 Å². The molecule has 0 amide bonds. The molecule has 0 unspecified atom stereocenters. The molecule has 0 aliphatic heterocycles. The fourth-order valence-electron chi connectivity index (χ4n) is 7.54. The van der Waals surface area contributed by atoms with Crippen molar-refractivity contribution in [3.8, 4) is 0 Å². The standard InChI is InChI=1S/C32H12BF24.C13H12ClN2/c34-25(35,36)13-1-14(26(37,38)39)6-21(5-13)33(22-7-15(27(40,41)42)2-16(8-22)28(43,44)45,23-9-17(29(46,47)48)3-18(10-23)30(49,50)51)24-11-19(31(52,53)54)4-20(12-24)32(55,56)57;1-11(14)13-10-16(8-7-15-13)9-12-5-3-2-4-6-12/h1-12H;2-8,10H,1,9H2/q-1;+1. The van der Waals surface area contributed by atoms with Crippen molar-refractivity contribution in [1.29, 1.82) is 0 Å². The van der Waals surface area contributed by atoms with Crippen LogP contribution in [-0.2, 0) is 56.0 Å². The number of hydrogen-bond acceptors (Lipinski definition) is 1. The topological polar surface area (TPSA) is 16.8 Å². The number of halogens is 25. The summed E-state index contributed by atoms with van der Waals surface area (Å²) in [5, 5.41) is 0.461. The largest absolute Gasteiger partial charge is 0.416 e. The van der Waals surface area contributed by atoms with Gasteiger partial charge in [-0.2, -0.15) is 132 Å². The predicted molar refractivity (Wildman–Crippen MR) is 215 cm³/mol. The van der Waals surface area contributed by atoms with E-state index in [4.69, 9.17) is 11.6 Å². The first-order valence-electron chi connectivity index (χ1n) is 19.6. The van der Waals surface area contributed by atoms with Crippen LogP contribution in [-0.4, -0.2) is 11.1 Å². The smallest absolute Gasteiger partial charge is 0.243 e. The van der Waals surface area contributed by atoms with E-state index in [1.54, 1.807) is 6.20 Å². The quantitative estimate of drug-likeness (QED) is 0.0884. The van der Waals surface area contributed by atoms with Gasteiger partial charge in [0.2, 0.25) is 0 Å². The molecule has 28 heteroatoms. The van der Waals surface area contributed by atoms with Crippen molar-refractivity contribution in [1.82, 2.24) is 4.98 Å². The number of alkyl halides is 24. The zero-order chi connectivity index (χ0) is 55.3. The fraction of sp³-hybridized carbons (Fsp3) is 0.200. The lowest BCUT2D eigenvalue weighted by Gasteiger charge is -2.46. The predicted octanol–water partition coefficient (Wildman–Crippen LogP) is 13.8. The van der Waals surface area contributed by atoms with Crippen molar-refractivity contribution in [3.63, 3.8) is 0 Å². The molecule has 0 saturated carbocycles. The van der Waals surface area contributed by atoms with Crippen LogP contribution in [0.3, 0.4) is 0 Å². The van der Waals surface area contributed by atoms with Crippen LogP contribution in [0.25, 0.3) is 5.03 Å². The molecule has 5 aromatic carbocycles. The molecule has 6 rings (SSSR count). The molecule has 2 nitrogen and oxygen atoms in total. The lowest BCUT2D eigenvalue weighted by atomic mass is 9.12. The van der Waals surface area contributed by atoms with Gasteiger partial charge in [0, 0.05) is 5.56 Å². The molecule has 0 N–H and O–H groups in total. The Labute approximate surface area is 399 Å². The van der Waals surface area contributed by atoms with Crippen LogP contribution >= 0.6 is 11.6 Å². The zero-order valence-corrected chi connectivity index (χ0v) is 36.1. The van der Waals surface area contributed by atoms with E-state index in [-0.39, 0.29) is 0 Å². The minimum Gasteiger partial charge on any atom is -0.243 e. The average Bonchev–Trinajstić information content (AvgIpc) is 3.24. The van der Waals surface area contributed by atoms with Gasteiger partial charge in [0.05, 0.1) is 55.7 Å². The van der Waals surface area contributed by atoms with Gasteiger partial charge in [-0.25, -0.2) is 4.98 Å². The van der Waals surface area contributed by atoms with E-state index in [9.17, 15) is 105 Å². The summed E-state index contributed by atoms with van der Waals surface area (Å²) in [6.07, 6.45) is -49.3. The zero-order valence-electron chi connectivity index (χ0n) is 35.4. The van der Waals surface area contributed by atoms with Crippen LogP contribution in [0, 0.1) is 0 Å². The van der Waals surface area contributed by atoms with Gasteiger partial charge in [0.1, 0.15) is 11.8 Å². The van der Waals surface area contributed by atoms with Gasteiger partial charge in [-0.15, -0.1) is 0 Å².